The lowest BCUT2D eigenvalue weighted by atomic mass is 10.1. The molecule has 2 N–H and O–H groups in total. The zero-order chi connectivity index (χ0) is 12.3. The standard InChI is InChI=1S/C11H21N3O2/c1-4-14-7-9(5-10(14)15)11(16)13(3)8(2)6-12/h8-9H,4-7,12H2,1-3H3. The van der Waals surface area contributed by atoms with Crippen molar-refractivity contribution in [1.29, 1.82) is 0 Å². The molecular formula is C11H21N3O2. The Morgan fingerprint density at radius 3 is 2.75 bits per heavy atom. The van der Waals surface area contributed by atoms with E-state index in [2.05, 4.69) is 0 Å². The third-order valence-corrected chi connectivity index (χ3v) is 3.30. The van der Waals surface area contributed by atoms with Crippen LogP contribution in [0.1, 0.15) is 20.3 Å². The van der Waals surface area contributed by atoms with E-state index in [0.717, 1.165) is 0 Å². The number of likely N-dealkylation sites (tertiary alicyclic amines) is 1. The second kappa shape index (κ2) is 5.30. The Morgan fingerprint density at radius 1 is 1.69 bits per heavy atom. The lowest BCUT2D eigenvalue weighted by Crippen LogP contribution is -2.43. The van der Waals surface area contributed by atoms with Crippen molar-refractivity contribution in [3.05, 3.63) is 0 Å². The normalized spacial score (nSPS) is 22.4. The Labute approximate surface area is 96.6 Å². The molecule has 0 bridgehead atoms. The lowest BCUT2D eigenvalue weighted by molar-refractivity contribution is -0.136. The van der Waals surface area contributed by atoms with Crippen LogP contribution in [0.2, 0.25) is 0 Å². The molecule has 0 spiro atoms. The minimum Gasteiger partial charge on any atom is -0.342 e. The molecule has 2 unspecified atom stereocenters. The van der Waals surface area contributed by atoms with Crippen molar-refractivity contribution < 1.29 is 9.59 Å². The van der Waals surface area contributed by atoms with Gasteiger partial charge in [-0.05, 0) is 13.8 Å². The SMILES string of the molecule is CCN1CC(C(=O)N(C)C(C)CN)CC1=O. The van der Waals surface area contributed by atoms with Gasteiger partial charge >= 0.3 is 0 Å². The van der Waals surface area contributed by atoms with Crippen LogP contribution in [0.25, 0.3) is 0 Å². The Kier molecular flexibility index (Phi) is 4.29. The van der Waals surface area contributed by atoms with E-state index >= 15 is 0 Å². The minimum absolute atomic E-state index is 0.0262. The summed E-state index contributed by atoms with van der Waals surface area (Å²) in [6, 6.07) is 0.0262. The highest BCUT2D eigenvalue weighted by Gasteiger charge is 2.35. The van der Waals surface area contributed by atoms with Crippen LogP contribution in [0.5, 0.6) is 0 Å². The monoisotopic (exact) mass is 227 g/mol. The molecule has 1 rings (SSSR count). The van der Waals surface area contributed by atoms with Gasteiger partial charge in [-0.2, -0.15) is 0 Å². The minimum atomic E-state index is -0.188. The Morgan fingerprint density at radius 2 is 2.31 bits per heavy atom. The maximum Gasteiger partial charge on any atom is 0.228 e. The zero-order valence-electron chi connectivity index (χ0n) is 10.3. The topological polar surface area (TPSA) is 66.6 Å². The number of nitrogens with two attached hydrogens (primary N) is 1. The predicted molar refractivity (Wildman–Crippen MR) is 61.6 cm³/mol. The van der Waals surface area contributed by atoms with Gasteiger partial charge < -0.3 is 15.5 Å². The summed E-state index contributed by atoms with van der Waals surface area (Å²) in [4.78, 5) is 26.9. The average Bonchev–Trinajstić information content (AvgIpc) is 2.67. The Hall–Kier alpha value is -1.10. The van der Waals surface area contributed by atoms with Gasteiger partial charge in [0.25, 0.3) is 0 Å². The molecule has 2 atom stereocenters. The summed E-state index contributed by atoms with van der Waals surface area (Å²) in [5, 5.41) is 0. The highest BCUT2D eigenvalue weighted by atomic mass is 16.2. The number of rotatable bonds is 4. The fraction of sp³-hybridized carbons (Fsp3) is 0.818. The second-order valence-electron chi connectivity index (χ2n) is 4.37. The van der Waals surface area contributed by atoms with Gasteiger partial charge in [-0.25, -0.2) is 0 Å². The molecule has 16 heavy (non-hydrogen) atoms. The summed E-state index contributed by atoms with van der Waals surface area (Å²) in [7, 11) is 1.75. The molecule has 0 aromatic rings. The molecule has 1 saturated heterocycles. The molecule has 0 aromatic carbocycles. The highest BCUT2D eigenvalue weighted by molar-refractivity contribution is 5.89. The van der Waals surface area contributed by atoms with Crippen LogP contribution in [0, 0.1) is 5.92 Å². The molecule has 0 aliphatic carbocycles. The molecule has 5 nitrogen and oxygen atoms in total. The Bertz CT molecular complexity index is 280. The average molecular weight is 227 g/mol. The van der Waals surface area contributed by atoms with Crippen LogP contribution < -0.4 is 5.73 Å². The number of hydrogen-bond acceptors (Lipinski definition) is 3. The van der Waals surface area contributed by atoms with Crippen LogP contribution >= 0.6 is 0 Å². The molecule has 0 radical (unpaired) electrons. The van der Waals surface area contributed by atoms with E-state index in [1.165, 1.54) is 0 Å². The maximum atomic E-state index is 12.0. The number of nitrogens with zero attached hydrogens (tertiary/aromatic N) is 2. The van der Waals surface area contributed by atoms with E-state index in [9.17, 15) is 9.59 Å². The summed E-state index contributed by atoms with van der Waals surface area (Å²) in [6.45, 7) is 5.51. The number of likely N-dealkylation sites (N-methyl/N-ethyl adjacent to an activating group) is 1. The molecule has 92 valence electrons. The summed E-state index contributed by atoms with van der Waals surface area (Å²) in [5.41, 5.74) is 5.52. The summed E-state index contributed by atoms with van der Waals surface area (Å²) in [5.74, 6) is -0.0802. The van der Waals surface area contributed by atoms with Crippen molar-refractivity contribution in [1.82, 2.24) is 9.80 Å². The smallest absolute Gasteiger partial charge is 0.228 e. The fourth-order valence-electron chi connectivity index (χ4n) is 1.91. The molecule has 1 aliphatic rings. The quantitative estimate of drug-likeness (QED) is 0.714. The number of amides is 2. The van der Waals surface area contributed by atoms with Crippen LogP contribution in [0.4, 0.5) is 0 Å². The van der Waals surface area contributed by atoms with Gasteiger partial charge in [0, 0.05) is 39.1 Å². The number of carbonyl (C=O) groups excluding carboxylic acids is 2. The molecule has 2 amide bonds. The first kappa shape index (κ1) is 13.0. The van der Waals surface area contributed by atoms with Gasteiger partial charge in [-0.1, -0.05) is 0 Å². The largest absolute Gasteiger partial charge is 0.342 e. The van der Waals surface area contributed by atoms with E-state index in [0.29, 0.717) is 26.1 Å². The van der Waals surface area contributed by atoms with Gasteiger partial charge in [0.15, 0.2) is 0 Å². The van der Waals surface area contributed by atoms with E-state index in [1.807, 2.05) is 13.8 Å². The van der Waals surface area contributed by atoms with Crippen LogP contribution in [0.15, 0.2) is 0 Å². The highest BCUT2D eigenvalue weighted by Crippen LogP contribution is 2.19. The summed E-state index contributed by atoms with van der Waals surface area (Å²) >= 11 is 0. The molecule has 0 aromatic heterocycles. The van der Waals surface area contributed by atoms with E-state index in [1.54, 1.807) is 16.8 Å². The molecule has 5 heteroatoms. The molecule has 1 heterocycles. The van der Waals surface area contributed by atoms with Crippen molar-refractivity contribution in [2.24, 2.45) is 11.7 Å². The molecule has 0 saturated carbocycles. The molecule has 1 fully saturated rings. The number of carbonyl (C=O) groups is 2. The van der Waals surface area contributed by atoms with Crippen molar-refractivity contribution >= 4 is 11.8 Å². The zero-order valence-corrected chi connectivity index (χ0v) is 10.3. The molecular weight excluding hydrogens is 206 g/mol. The van der Waals surface area contributed by atoms with Gasteiger partial charge in [-0.3, -0.25) is 9.59 Å². The summed E-state index contributed by atoms with van der Waals surface area (Å²) < 4.78 is 0. The van der Waals surface area contributed by atoms with Crippen molar-refractivity contribution in [2.75, 3.05) is 26.7 Å². The number of hydrogen-bond donors (Lipinski definition) is 1. The third kappa shape index (κ3) is 2.52. The predicted octanol–water partition coefficient (Wildman–Crippen LogP) is -0.340. The van der Waals surface area contributed by atoms with Gasteiger partial charge in [-0.15, -0.1) is 0 Å². The van der Waals surface area contributed by atoms with Crippen molar-refractivity contribution in [3.63, 3.8) is 0 Å². The first-order valence-corrected chi connectivity index (χ1v) is 5.75. The van der Waals surface area contributed by atoms with Crippen LogP contribution in [0.3, 0.4) is 0 Å². The van der Waals surface area contributed by atoms with Gasteiger partial charge in [0.1, 0.15) is 0 Å². The summed E-state index contributed by atoms with van der Waals surface area (Å²) in [6.07, 6.45) is 0.342. The van der Waals surface area contributed by atoms with Crippen molar-refractivity contribution in [2.45, 2.75) is 26.3 Å². The molecule has 1 aliphatic heterocycles. The Balaban J connectivity index is 2.60. The van der Waals surface area contributed by atoms with E-state index in [4.69, 9.17) is 5.73 Å². The van der Waals surface area contributed by atoms with Gasteiger partial charge in [0.05, 0.1) is 5.92 Å². The first-order chi connectivity index (χ1) is 7.51. The van der Waals surface area contributed by atoms with Crippen LogP contribution in [-0.2, 0) is 9.59 Å². The van der Waals surface area contributed by atoms with Gasteiger partial charge in [0.2, 0.25) is 11.8 Å². The van der Waals surface area contributed by atoms with Crippen molar-refractivity contribution in [3.8, 4) is 0 Å². The van der Waals surface area contributed by atoms with E-state index < -0.39 is 0 Å². The fourth-order valence-corrected chi connectivity index (χ4v) is 1.91. The maximum absolute atomic E-state index is 12.0. The third-order valence-electron chi connectivity index (χ3n) is 3.30. The first-order valence-electron chi connectivity index (χ1n) is 5.75. The van der Waals surface area contributed by atoms with E-state index in [-0.39, 0.29) is 23.8 Å². The lowest BCUT2D eigenvalue weighted by Gasteiger charge is -2.26. The second-order valence-corrected chi connectivity index (χ2v) is 4.37. The van der Waals surface area contributed by atoms with Crippen LogP contribution in [-0.4, -0.2) is 54.3 Å².